The van der Waals surface area contributed by atoms with E-state index in [4.69, 9.17) is 0 Å². The fraction of sp³-hybridized carbons (Fsp3) is 0.818. The van der Waals surface area contributed by atoms with E-state index in [9.17, 15) is 9.59 Å². The fourth-order valence-corrected chi connectivity index (χ4v) is 1.26. The molecule has 0 heterocycles. The van der Waals surface area contributed by atoms with E-state index in [0.717, 1.165) is 18.8 Å². The maximum atomic E-state index is 10.6. The Morgan fingerprint density at radius 3 is 2.31 bits per heavy atom. The average Bonchev–Trinajstić information content (AvgIpc) is 2.10. The minimum Gasteiger partial charge on any atom is -0.295 e. The van der Waals surface area contributed by atoms with Crippen LogP contribution in [0.5, 0.6) is 0 Å². The molecule has 0 spiro atoms. The second-order valence-electron chi connectivity index (χ2n) is 3.93. The highest BCUT2D eigenvalue weighted by atomic mass is 16.2. The highest BCUT2D eigenvalue weighted by molar-refractivity contribution is 6.24. The van der Waals surface area contributed by atoms with Gasteiger partial charge in [-0.1, -0.05) is 39.5 Å². The van der Waals surface area contributed by atoms with Gasteiger partial charge in [0.05, 0.1) is 0 Å². The van der Waals surface area contributed by atoms with Crippen LogP contribution in [0.4, 0.5) is 0 Å². The lowest BCUT2D eigenvalue weighted by molar-refractivity contribution is -0.129. The molecule has 0 rings (SSSR count). The Bertz CT molecular complexity index is 150. The molecule has 0 saturated carbocycles. The zero-order valence-electron chi connectivity index (χ0n) is 8.71. The molecule has 0 aliphatic carbocycles. The van der Waals surface area contributed by atoms with Crippen molar-refractivity contribution in [3.63, 3.8) is 0 Å². The average molecular weight is 184 g/mol. The second kappa shape index (κ2) is 7.96. The van der Waals surface area contributed by atoms with Crippen LogP contribution in [-0.2, 0) is 9.59 Å². The molecule has 2 nitrogen and oxygen atoms in total. The molecule has 2 heteroatoms. The molecule has 0 saturated heterocycles. The minimum atomic E-state index is -0.260. The topological polar surface area (TPSA) is 34.1 Å². The molecule has 0 atom stereocenters. The smallest absolute Gasteiger partial charge is 0.195 e. The number of ketones is 1. The number of unbranched alkanes of at least 4 members (excludes halogenated alkanes) is 3. The lowest BCUT2D eigenvalue weighted by Gasteiger charge is -2.02. The monoisotopic (exact) mass is 184 g/mol. The third kappa shape index (κ3) is 9.25. The quantitative estimate of drug-likeness (QED) is 0.330. The normalized spacial score (nSPS) is 10.4. The molecule has 0 aromatic heterocycles. The highest BCUT2D eigenvalue weighted by Gasteiger charge is 1.98. The molecule has 0 aromatic carbocycles. The van der Waals surface area contributed by atoms with Crippen LogP contribution in [0.15, 0.2) is 0 Å². The third-order valence-corrected chi connectivity index (χ3v) is 2.09. The number of hydrogen-bond acceptors (Lipinski definition) is 2. The van der Waals surface area contributed by atoms with Crippen molar-refractivity contribution >= 4 is 12.1 Å². The first-order chi connectivity index (χ1) is 6.16. The van der Waals surface area contributed by atoms with E-state index < -0.39 is 0 Å². The van der Waals surface area contributed by atoms with Crippen molar-refractivity contribution in [1.29, 1.82) is 0 Å². The lowest BCUT2D eigenvalue weighted by Crippen LogP contribution is -1.97. The number of rotatable bonds is 8. The number of carbonyl (C=O) groups is 2. The first-order valence-corrected chi connectivity index (χ1v) is 5.15. The van der Waals surface area contributed by atoms with Crippen LogP contribution in [0.3, 0.4) is 0 Å². The molecule has 0 fully saturated rings. The molecule has 0 unspecified atom stereocenters. The van der Waals surface area contributed by atoms with Crippen LogP contribution in [0.25, 0.3) is 0 Å². The number of Topliss-reactive ketones (excluding diaryl/α,β-unsaturated/α-hetero) is 1. The van der Waals surface area contributed by atoms with Gasteiger partial charge < -0.3 is 0 Å². The van der Waals surface area contributed by atoms with Crippen molar-refractivity contribution in [2.75, 3.05) is 0 Å². The molecule has 0 amide bonds. The molecule has 13 heavy (non-hydrogen) atoms. The molecule has 0 N–H and O–H groups in total. The van der Waals surface area contributed by atoms with Gasteiger partial charge in [-0.15, -0.1) is 0 Å². The summed E-state index contributed by atoms with van der Waals surface area (Å²) in [4.78, 5) is 20.5. The van der Waals surface area contributed by atoms with Crippen LogP contribution in [0, 0.1) is 5.92 Å². The number of hydrogen-bond donors (Lipinski definition) is 0. The van der Waals surface area contributed by atoms with Crippen LogP contribution < -0.4 is 0 Å². The summed E-state index contributed by atoms with van der Waals surface area (Å²) in [6, 6.07) is 0. The van der Waals surface area contributed by atoms with Gasteiger partial charge in [-0.3, -0.25) is 9.59 Å². The Morgan fingerprint density at radius 2 is 1.77 bits per heavy atom. The predicted octanol–water partition coefficient (Wildman–Crippen LogP) is 2.75. The largest absolute Gasteiger partial charge is 0.295 e. The zero-order chi connectivity index (χ0) is 10.1. The van der Waals surface area contributed by atoms with Crippen molar-refractivity contribution in [3.8, 4) is 0 Å². The van der Waals surface area contributed by atoms with E-state index in [-0.39, 0.29) is 5.78 Å². The van der Waals surface area contributed by atoms with Crippen molar-refractivity contribution in [2.24, 2.45) is 5.92 Å². The van der Waals surface area contributed by atoms with E-state index >= 15 is 0 Å². The van der Waals surface area contributed by atoms with Crippen molar-refractivity contribution in [3.05, 3.63) is 0 Å². The molecule has 0 radical (unpaired) electrons. The molecular weight excluding hydrogens is 164 g/mol. The van der Waals surface area contributed by atoms with Crippen molar-refractivity contribution in [1.82, 2.24) is 0 Å². The molecule has 0 aliphatic rings. The maximum absolute atomic E-state index is 10.6. The van der Waals surface area contributed by atoms with Gasteiger partial charge in [0.15, 0.2) is 12.1 Å². The van der Waals surface area contributed by atoms with E-state index in [1.165, 1.54) is 19.3 Å². The number of carbonyl (C=O) groups excluding carboxylic acids is 2. The highest BCUT2D eigenvalue weighted by Crippen LogP contribution is 2.10. The Labute approximate surface area is 80.7 Å². The summed E-state index contributed by atoms with van der Waals surface area (Å²) >= 11 is 0. The van der Waals surface area contributed by atoms with Gasteiger partial charge >= 0.3 is 0 Å². The van der Waals surface area contributed by atoms with Gasteiger partial charge in [0.2, 0.25) is 0 Å². The first-order valence-electron chi connectivity index (χ1n) is 5.15. The fourth-order valence-electron chi connectivity index (χ4n) is 1.26. The van der Waals surface area contributed by atoms with Crippen molar-refractivity contribution in [2.45, 2.75) is 52.4 Å². The molecular formula is C11H20O2. The summed E-state index contributed by atoms with van der Waals surface area (Å²) < 4.78 is 0. The molecule has 0 bridgehead atoms. The molecule has 0 aromatic rings. The second-order valence-corrected chi connectivity index (χ2v) is 3.93. The summed E-state index contributed by atoms with van der Waals surface area (Å²) in [7, 11) is 0. The summed E-state index contributed by atoms with van der Waals surface area (Å²) in [5.74, 6) is 0.514. The van der Waals surface area contributed by atoms with E-state index in [1.807, 2.05) is 0 Å². The van der Waals surface area contributed by atoms with Gasteiger partial charge in [0, 0.05) is 6.42 Å². The zero-order valence-corrected chi connectivity index (χ0v) is 8.71. The van der Waals surface area contributed by atoms with E-state index in [0.29, 0.717) is 12.7 Å². The van der Waals surface area contributed by atoms with E-state index in [1.54, 1.807) is 0 Å². The minimum absolute atomic E-state index is 0.260. The lowest BCUT2D eigenvalue weighted by atomic mass is 10.0. The maximum Gasteiger partial charge on any atom is 0.195 e. The Balaban J connectivity index is 3.08. The van der Waals surface area contributed by atoms with Crippen LogP contribution in [-0.4, -0.2) is 12.1 Å². The van der Waals surface area contributed by atoms with Gasteiger partial charge in [-0.25, -0.2) is 0 Å². The van der Waals surface area contributed by atoms with Gasteiger partial charge in [0.1, 0.15) is 0 Å². The Morgan fingerprint density at radius 1 is 1.15 bits per heavy atom. The van der Waals surface area contributed by atoms with E-state index in [2.05, 4.69) is 13.8 Å². The standard InChI is InChI=1S/C11H20O2/c1-10(2)7-5-3-4-6-8-11(13)9-12/h9-10H,3-8H2,1-2H3. The van der Waals surface area contributed by atoms with Gasteiger partial charge in [-0.2, -0.15) is 0 Å². The summed E-state index contributed by atoms with van der Waals surface area (Å²) in [6.07, 6.45) is 6.50. The molecule has 0 aliphatic heterocycles. The van der Waals surface area contributed by atoms with Crippen LogP contribution >= 0.6 is 0 Å². The number of aldehydes is 1. The van der Waals surface area contributed by atoms with Crippen LogP contribution in [0.2, 0.25) is 0 Å². The first kappa shape index (κ1) is 12.3. The summed E-state index contributed by atoms with van der Waals surface area (Å²) in [6.45, 7) is 4.44. The SMILES string of the molecule is CC(C)CCCCCCC(=O)C=O. The summed E-state index contributed by atoms with van der Waals surface area (Å²) in [5.41, 5.74) is 0. The predicted molar refractivity (Wildman–Crippen MR) is 53.6 cm³/mol. The third-order valence-electron chi connectivity index (χ3n) is 2.09. The van der Waals surface area contributed by atoms with Gasteiger partial charge in [-0.05, 0) is 12.3 Å². The Kier molecular flexibility index (Phi) is 7.56. The molecule has 76 valence electrons. The Hall–Kier alpha value is -0.660. The van der Waals surface area contributed by atoms with Crippen LogP contribution in [0.1, 0.15) is 52.4 Å². The van der Waals surface area contributed by atoms with Gasteiger partial charge in [0.25, 0.3) is 0 Å². The summed E-state index contributed by atoms with van der Waals surface area (Å²) in [5, 5.41) is 0. The van der Waals surface area contributed by atoms with Crippen molar-refractivity contribution < 1.29 is 9.59 Å².